The molecule has 162 valence electrons. The molecular formula is C26H25N3O2S. The number of aliphatic carboxylic acids is 1. The maximum Gasteiger partial charge on any atom is 0.326 e. The van der Waals surface area contributed by atoms with Crippen molar-refractivity contribution in [3.05, 3.63) is 88.1 Å². The predicted octanol–water partition coefficient (Wildman–Crippen LogP) is 5.27. The lowest BCUT2D eigenvalue weighted by Gasteiger charge is -2.18. The lowest BCUT2D eigenvalue weighted by Crippen LogP contribution is -2.32. The van der Waals surface area contributed by atoms with Gasteiger partial charge >= 0.3 is 5.97 Å². The van der Waals surface area contributed by atoms with Crippen LogP contribution in [-0.2, 0) is 30.5 Å². The standard InChI is InChI=1S/C26H25N3O2S/c30-26(31)20(15-17-9-3-1-4-10-17)27-24-23-19-13-7-8-14-21(19)32-25(23)29-22(28-24)16-18-11-5-2-6-12-18/h1-6,9-12,20H,7-8,13-16H2,(H,30,31)(H,27,28,29)/t20-/m0/s1. The third-order valence-corrected chi connectivity index (χ3v) is 7.14. The van der Waals surface area contributed by atoms with Crippen LogP contribution in [0.15, 0.2) is 60.7 Å². The molecule has 0 amide bonds. The molecule has 2 heterocycles. The SMILES string of the molecule is O=C(O)[C@H](Cc1ccccc1)Nc1nc(Cc2ccccc2)nc2sc3c(c12)CCCC3. The van der Waals surface area contributed by atoms with Crippen LogP contribution in [0.1, 0.15) is 40.2 Å². The molecule has 5 rings (SSSR count). The fourth-order valence-electron chi connectivity index (χ4n) is 4.38. The molecule has 5 nitrogen and oxygen atoms in total. The number of anilines is 1. The van der Waals surface area contributed by atoms with Crippen molar-refractivity contribution >= 4 is 33.3 Å². The summed E-state index contributed by atoms with van der Waals surface area (Å²) < 4.78 is 0. The Hall–Kier alpha value is -3.25. The molecule has 0 saturated carbocycles. The van der Waals surface area contributed by atoms with Crippen molar-refractivity contribution in [2.45, 2.75) is 44.6 Å². The van der Waals surface area contributed by atoms with Gasteiger partial charge in [-0.05, 0) is 42.4 Å². The van der Waals surface area contributed by atoms with Gasteiger partial charge in [0, 0.05) is 17.7 Å². The van der Waals surface area contributed by atoms with Crippen LogP contribution in [0.2, 0.25) is 0 Å². The third kappa shape index (κ3) is 4.36. The van der Waals surface area contributed by atoms with E-state index in [9.17, 15) is 9.90 Å². The largest absolute Gasteiger partial charge is 0.480 e. The highest BCUT2D eigenvalue weighted by atomic mass is 32.1. The molecule has 0 unspecified atom stereocenters. The summed E-state index contributed by atoms with van der Waals surface area (Å²) in [4.78, 5) is 24.2. The molecule has 0 fully saturated rings. The number of carbonyl (C=O) groups is 1. The molecular weight excluding hydrogens is 418 g/mol. The van der Waals surface area contributed by atoms with Gasteiger partial charge in [-0.2, -0.15) is 0 Å². The number of benzene rings is 2. The Kier molecular flexibility index (Phi) is 5.86. The van der Waals surface area contributed by atoms with Crippen LogP contribution in [0.4, 0.5) is 5.82 Å². The first-order chi connectivity index (χ1) is 15.7. The number of nitrogens with one attached hydrogen (secondary N) is 1. The third-order valence-electron chi connectivity index (χ3n) is 5.96. The van der Waals surface area contributed by atoms with Crippen molar-refractivity contribution in [1.82, 2.24) is 9.97 Å². The lowest BCUT2D eigenvalue weighted by molar-refractivity contribution is -0.137. The zero-order valence-electron chi connectivity index (χ0n) is 17.8. The Bertz CT molecular complexity index is 1240. The zero-order valence-corrected chi connectivity index (χ0v) is 18.6. The van der Waals surface area contributed by atoms with Crippen LogP contribution in [0.25, 0.3) is 10.2 Å². The summed E-state index contributed by atoms with van der Waals surface area (Å²) in [5.41, 5.74) is 3.42. The normalized spacial score (nSPS) is 14.1. The van der Waals surface area contributed by atoms with Gasteiger partial charge in [-0.3, -0.25) is 0 Å². The number of aryl methyl sites for hydroxylation is 2. The van der Waals surface area contributed by atoms with E-state index in [0.29, 0.717) is 24.5 Å². The summed E-state index contributed by atoms with van der Waals surface area (Å²) >= 11 is 1.74. The van der Waals surface area contributed by atoms with Gasteiger partial charge in [-0.1, -0.05) is 60.7 Å². The zero-order chi connectivity index (χ0) is 21.9. The fraction of sp³-hybridized carbons (Fsp3) is 0.269. The molecule has 2 aromatic heterocycles. The van der Waals surface area contributed by atoms with Crippen LogP contribution in [0.5, 0.6) is 0 Å². The molecule has 1 aliphatic rings. The summed E-state index contributed by atoms with van der Waals surface area (Å²) in [6.45, 7) is 0. The fourth-order valence-corrected chi connectivity index (χ4v) is 5.66. The van der Waals surface area contributed by atoms with Crippen LogP contribution in [0.3, 0.4) is 0 Å². The number of aromatic nitrogens is 2. The minimum Gasteiger partial charge on any atom is -0.480 e. The molecule has 1 aliphatic carbocycles. The van der Waals surface area contributed by atoms with Crippen LogP contribution < -0.4 is 5.32 Å². The molecule has 0 spiro atoms. The van der Waals surface area contributed by atoms with Gasteiger partial charge < -0.3 is 10.4 Å². The van der Waals surface area contributed by atoms with Crippen molar-refractivity contribution in [3.8, 4) is 0 Å². The summed E-state index contributed by atoms with van der Waals surface area (Å²) in [5.74, 6) is 0.492. The second kappa shape index (κ2) is 9.09. The second-order valence-electron chi connectivity index (χ2n) is 8.27. The van der Waals surface area contributed by atoms with E-state index in [1.165, 1.54) is 16.9 Å². The number of hydrogen-bond acceptors (Lipinski definition) is 5. The van der Waals surface area contributed by atoms with Gasteiger partial charge in [0.1, 0.15) is 22.5 Å². The topological polar surface area (TPSA) is 75.1 Å². The Morgan fingerprint density at radius 3 is 2.38 bits per heavy atom. The van der Waals surface area contributed by atoms with Crippen molar-refractivity contribution in [1.29, 1.82) is 0 Å². The monoisotopic (exact) mass is 443 g/mol. The van der Waals surface area contributed by atoms with E-state index >= 15 is 0 Å². The highest BCUT2D eigenvalue weighted by Gasteiger charge is 2.25. The van der Waals surface area contributed by atoms with Crippen LogP contribution in [0, 0.1) is 0 Å². The highest BCUT2D eigenvalue weighted by Crippen LogP contribution is 2.39. The van der Waals surface area contributed by atoms with Gasteiger partial charge in [0.15, 0.2) is 0 Å². The molecule has 0 saturated heterocycles. The van der Waals surface area contributed by atoms with E-state index in [4.69, 9.17) is 9.97 Å². The Morgan fingerprint density at radius 2 is 1.66 bits per heavy atom. The molecule has 2 aromatic carbocycles. The van der Waals surface area contributed by atoms with E-state index in [1.54, 1.807) is 11.3 Å². The number of thiophene rings is 1. The molecule has 1 atom stereocenters. The van der Waals surface area contributed by atoms with E-state index in [2.05, 4.69) is 17.4 Å². The smallest absolute Gasteiger partial charge is 0.326 e. The lowest BCUT2D eigenvalue weighted by atomic mass is 9.96. The molecule has 0 aliphatic heterocycles. The van der Waals surface area contributed by atoms with Crippen LogP contribution >= 0.6 is 11.3 Å². The summed E-state index contributed by atoms with van der Waals surface area (Å²) in [7, 11) is 0. The molecule has 0 radical (unpaired) electrons. The number of rotatable bonds is 7. The molecule has 6 heteroatoms. The molecule has 32 heavy (non-hydrogen) atoms. The van der Waals surface area contributed by atoms with Gasteiger partial charge in [0.05, 0.1) is 5.39 Å². The van der Waals surface area contributed by atoms with E-state index < -0.39 is 12.0 Å². The Balaban J connectivity index is 1.55. The summed E-state index contributed by atoms with van der Waals surface area (Å²) in [6, 6.07) is 19.1. The van der Waals surface area contributed by atoms with Crippen molar-refractivity contribution in [2.24, 2.45) is 0 Å². The second-order valence-corrected chi connectivity index (χ2v) is 9.35. The van der Waals surface area contributed by atoms with E-state index in [-0.39, 0.29) is 0 Å². The molecule has 4 aromatic rings. The maximum atomic E-state index is 12.1. The Labute approximate surface area is 191 Å². The van der Waals surface area contributed by atoms with Gasteiger partial charge in [-0.15, -0.1) is 11.3 Å². The Morgan fingerprint density at radius 1 is 0.969 bits per heavy atom. The summed E-state index contributed by atoms with van der Waals surface area (Å²) in [6.07, 6.45) is 5.42. The van der Waals surface area contributed by atoms with E-state index in [0.717, 1.165) is 40.6 Å². The highest BCUT2D eigenvalue weighted by molar-refractivity contribution is 7.19. The average molecular weight is 444 g/mol. The summed E-state index contributed by atoms with van der Waals surface area (Å²) in [5, 5.41) is 14.3. The maximum absolute atomic E-state index is 12.1. The minimum atomic E-state index is -0.880. The predicted molar refractivity (Wildman–Crippen MR) is 128 cm³/mol. The quantitative estimate of drug-likeness (QED) is 0.407. The first-order valence-corrected chi connectivity index (χ1v) is 11.9. The average Bonchev–Trinajstić information content (AvgIpc) is 3.18. The molecule has 0 bridgehead atoms. The first kappa shape index (κ1) is 20.6. The van der Waals surface area contributed by atoms with Gasteiger partial charge in [0.25, 0.3) is 0 Å². The minimum absolute atomic E-state index is 0.391. The molecule has 2 N–H and O–H groups in total. The number of carboxylic acids is 1. The number of fused-ring (bicyclic) bond motifs is 3. The van der Waals surface area contributed by atoms with E-state index in [1.807, 2.05) is 48.5 Å². The van der Waals surface area contributed by atoms with Crippen molar-refractivity contribution < 1.29 is 9.90 Å². The number of nitrogens with zero attached hydrogens (tertiary/aromatic N) is 2. The first-order valence-electron chi connectivity index (χ1n) is 11.1. The van der Waals surface area contributed by atoms with Crippen LogP contribution in [-0.4, -0.2) is 27.1 Å². The number of carboxylic acid groups (broad SMARTS) is 1. The van der Waals surface area contributed by atoms with Crippen molar-refractivity contribution in [3.63, 3.8) is 0 Å². The number of hydrogen-bond donors (Lipinski definition) is 2. The van der Waals surface area contributed by atoms with Crippen molar-refractivity contribution in [2.75, 3.05) is 5.32 Å². The van der Waals surface area contributed by atoms with Gasteiger partial charge in [-0.25, -0.2) is 14.8 Å². The van der Waals surface area contributed by atoms with Gasteiger partial charge in [0.2, 0.25) is 0 Å².